The van der Waals surface area contributed by atoms with Crippen LogP contribution < -0.4 is 4.74 Å². The zero-order valence-electron chi connectivity index (χ0n) is 16.8. The van der Waals surface area contributed by atoms with Gasteiger partial charge in [0.15, 0.2) is 5.76 Å². The molecule has 0 aliphatic carbocycles. The van der Waals surface area contributed by atoms with Gasteiger partial charge < -0.3 is 23.7 Å². The van der Waals surface area contributed by atoms with E-state index in [1.54, 1.807) is 36.0 Å². The number of pyridine rings is 1. The van der Waals surface area contributed by atoms with Crippen molar-refractivity contribution < 1.29 is 37.0 Å². The number of amides is 1. The molecule has 3 aromatic heterocycles. The second kappa shape index (κ2) is 9.54. The Morgan fingerprint density at radius 3 is 2.66 bits per heavy atom. The van der Waals surface area contributed by atoms with Crippen molar-refractivity contribution in [1.82, 2.24) is 19.4 Å². The predicted molar refractivity (Wildman–Crippen MR) is 103 cm³/mol. The van der Waals surface area contributed by atoms with Crippen LogP contribution in [0.4, 0.5) is 13.2 Å². The number of imidazole rings is 1. The number of carbonyl (C=O) groups excluding carboxylic acids is 1. The SMILES string of the molecule is Cc1ccoc1C(=O)N1Cc2cncn2C(COc2ccccn2)C1.O=C(O)C(F)(F)F. The first-order chi connectivity index (χ1) is 15.2. The summed E-state index contributed by atoms with van der Waals surface area (Å²) in [5.41, 5.74) is 1.81. The van der Waals surface area contributed by atoms with Crippen molar-refractivity contribution in [1.29, 1.82) is 0 Å². The molecule has 1 N–H and O–H groups in total. The number of nitrogens with zero attached hydrogens (tertiary/aromatic N) is 4. The molecule has 0 bridgehead atoms. The lowest BCUT2D eigenvalue weighted by atomic mass is 10.1. The maximum Gasteiger partial charge on any atom is 0.490 e. The number of carbonyl (C=O) groups is 2. The number of alkyl halides is 3. The molecule has 1 atom stereocenters. The van der Waals surface area contributed by atoms with E-state index in [4.69, 9.17) is 19.1 Å². The molecular weight excluding hydrogens is 433 g/mol. The summed E-state index contributed by atoms with van der Waals surface area (Å²) in [5.74, 6) is -1.92. The van der Waals surface area contributed by atoms with Crippen molar-refractivity contribution in [3.63, 3.8) is 0 Å². The number of halogens is 3. The van der Waals surface area contributed by atoms with Crippen LogP contribution in [-0.2, 0) is 11.3 Å². The lowest BCUT2D eigenvalue weighted by molar-refractivity contribution is -0.192. The summed E-state index contributed by atoms with van der Waals surface area (Å²) in [6, 6.07) is 7.29. The smallest absolute Gasteiger partial charge is 0.475 e. The number of rotatable bonds is 4. The molecule has 1 unspecified atom stereocenters. The first kappa shape index (κ1) is 22.8. The summed E-state index contributed by atoms with van der Waals surface area (Å²) in [6.45, 7) is 3.29. The summed E-state index contributed by atoms with van der Waals surface area (Å²) < 4.78 is 44.9. The minimum atomic E-state index is -5.08. The monoisotopic (exact) mass is 452 g/mol. The minimum Gasteiger partial charge on any atom is -0.475 e. The number of carboxylic acid groups (broad SMARTS) is 1. The standard InChI is InChI=1S/C18H18N4O3.C2HF3O2/c1-13-5-7-24-17(13)18(23)21-9-14-8-19-12-22(14)15(10-21)11-25-16-4-2-3-6-20-16;3-2(4,5)1(6)7/h2-8,12,15H,9-11H2,1H3;(H,6,7). The number of fused-ring (bicyclic) bond motifs is 1. The van der Waals surface area contributed by atoms with Crippen LogP contribution in [0.15, 0.2) is 53.7 Å². The van der Waals surface area contributed by atoms with Crippen LogP contribution >= 0.6 is 0 Å². The van der Waals surface area contributed by atoms with Gasteiger partial charge in [0.2, 0.25) is 5.88 Å². The highest BCUT2D eigenvalue weighted by molar-refractivity contribution is 5.92. The molecule has 0 aromatic carbocycles. The van der Waals surface area contributed by atoms with Crippen LogP contribution in [-0.4, -0.2) is 55.7 Å². The number of ether oxygens (including phenoxy) is 1. The Balaban J connectivity index is 0.000000360. The van der Waals surface area contributed by atoms with Gasteiger partial charge in [0.1, 0.15) is 6.61 Å². The Labute approximate surface area is 180 Å². The van der Waals surface area contributed by atoms with Crippen LogP contribution in [0.25, 0.3) is 0 Å². The van der Waals surface area contributed by atoms with Crippen LogP contribution in [0.2, 0.25) is 0 Å². The third-order valence-electron chi connectivity index (χ3n) is 4.57. The maximum absolute atomic E-state index is 12.8. The van der Waals surface area contributed by atoms with Crippen molar-refractivity contribution in [3.05, 3.63) is 66.3 Å². The predicted octanol–water partition coefficient (Wildman–Crippen LogP) is 3.09. The van der Waals surface area contributed by atoms with E-state index in [-0.39, 0.29) is 11.9 Å². The van der Waals surface area contributed by atoms with Crippen molar-refractivity contribution in [3.8, 4) is 5.88 Å². The van der Waals surface area contributed by atoms with Crippen LogP contribution in [0.1, 0.15) is 27.9 Å². The fraction of sp³-hybridized carbons (Fsp3) is 0.300. The van der Waals surface area contributed by atoms with Crippen molar-refractivity contribution >= 4 is 11.9 Å². The first-order valence-corrected chi connectivity index (χ1v) is 9.35. The molecule has 0 spiro atoms. The third-order valence-corrected chi connectivity index (χ3v) is 4.57. The average Bonchev–Trinajstić information content (AvgIpc) is 3.40. The van der Waals surface area contributed by atoms with E-state index >= 15 is 0 Å². The van der Waals surface area contributed by atoms with E-state index in [0.717, 1.165) is 11.3 Å². The van der Waals surface area contributed by atoms with Crippen LogP contribution in [0.5, 0.6) is 5.88 Å². The Morgan fingerprint density at radius 1 is 1.31 bits per heavy atom. The molecular formula is C20H19F3N4O5. The van der Waals surface area contributed by atoms with Gasteiger partial charge in [0.25, 0.3) is 5.91 Å². The molecule has 170 valence electrons. The Bertz CT molecular complexity index is 1060. The lowest BCUT2D eigenvalue weighted by Crippen LogP contribution is -2.42. The van der Waals surface area contributed by atoms with Crippen molar-refractivity contribution in [2.75, 3.05) is 13.2 Å². The van der Waals surface area contributed by atoms with Gasteiger partial charge in [0.05, 0.1) is 30.9 Å². The first-order valence-electron chi connectivity index (χ1n) is 9.35. The Hall–Kier alpha value is -3.83. The maximum atomic E-state index is 12.8. The Morgan fingerprint density at radius 2 is 2.06 bits per heavy atom. The molecule has 4 rings (SSSR count). The summed E-state index contributed by atoms with van der Waals surface area (Å²) in [6.07, 6.45) is 1.71. The Kier molecular flexibility index (Phi) is 6.81. The molecule has 1 aliphatic heterocycles. The van der Waals surface area contributed by atoms with Crippen LogP contribution in [0, 0.1) is 6.92 Å². The number of furan rings is 1. The summed E-state index contributed by atoms with van der Waals surface area (Å²) >= 11 is 0. The molecule has 0 saturated carbocycles. The topological polar surface area (TPSA) is 111 Å². The summed E-state index contributed by atoms with van der Waals surface area (Å²) in [5, 5.41) is 7.12. The summed E-state index contributed by atoms with van der Waals surface area (Å²) in [7, 11) is 0. The molecule has 0 radical (unpaired) electrons. The number of hydrogen-bond donors (Lipinski definition) is 1. The molecule has 4 heterocycles. The second-order valence-electron chi connectivity index (χ2n) is 6.85. The zero-order valence-corrected chi connectivity index (χ0v) is 16.8. The molecule has 9 nitrogen and oxygen atoms in total. The fourth-order valence-electron chi connectivity index (χ4n) is 3.02. The molecule has 1 amide bonds. The van der Waals surface area contributed by atoms with Gasteiger partial charge in [-0.05, 0) is 19.1 Å². The number of aromatic nitrogens is 3. The number of carboxylic acids is 1. The quantitative estimate of drug-likeness (QED) is 0.648. The van der Waals surface area contributed by atoms with Gasteiger partial charge in [-0.3, -0.25) is 4.79 Å². The van der Waals surface area contributed by atoms with Gasteiger partial charge in [-0.2, -0.15) is 13.2 Å². The van der Waals surface area contributed by atoms with E-state index in [1.807, 2.05) is 25.1 Å². The molecule has 0 saturated heterocycles. The molecule has 3 aromatic rings. The number of hydrogen-bond acceptors (Lipinski definition) is 6. The van der Waals surface area contributed by atoms with Crippen LogP contribution in [0.3, 0.4) is 0 Å². The third kappa shape index (κ3) is 5.45. The lowest BCUT2D eigenvalue weighted by Gasteiger charge is -2.33. The minimum absolute atomic E-state index is 0.0347. The molecule has 0 fully saturated rings. The van der Waals surface area contributed by atoms with E-state index < -0.39 is 12.1 Å². The van der Waals surface area contributed by atoms with E-state index in [1.165, 1.54) is 0 Å². The van der Waals surface area contributed by atoms with Crippen molar-refractivity contribution in [2.45, 2.75) is 25.7 Å². The largest absolute Gasteiger partial charge is 0.490 e. The second-order valence-corrected chi connectivity index (χ2v) is 6.85. The van der Waals surface area contributed by atoms with Gasteiger partial charge in [-0.1, -0.05) is 6.07 Å². The highest BCUT2D eigenvalue weighted by Crippen LogP contribution is 2.24. The highest BCUT2D eigenvalue weighted by Gasteiger charge is 2.38. The van der Waals surface area contributed by atoms with Gasteiger partial charge in [0, 0.05) is 30.6 Å². The van der Waals surface area contributed by atoms with Gasteiger partial charge >= 0.3 is 12.1 Å². The van der Waals surface area contributed by atoms with E-state index in [0.29, 0.717) is 31.3 Å². The average molecular weight is 452 g/mol. The zero-order chi connectivity index (χ0) is 23.3. The van der Waals surface area contributed by atoms with E-state index in [9.17, 15) is 18.0 Å². The van der Waals surface area contributed by atoms with Gasteiger partial charge in [-0.15, -0.1) is 0 Å². The van der Waals surface area contributed by atoms with Crippen molar-refractivity contribution in [2.24, 2.45) is 0 Å². The molecule has 12 heteroatoms. The number of aryl methyl sites for hydroxylation is 1. The van der Waals surface area contributed by atoms with E-state index in [2.05, 4.69) is 14.5 Å². The molecule has 32 heavy (non-hydrogen) atoms. The summed E-state index contributed by atoms with van der Waals surface area (Å²) in [4.78, 5) is 31.8. The fourth-order valence-corrected chi connectivity index (χ4v) is 3.02. The highest BCUT2D eigenvalue weighted by atomic mass is 19.4. The molecule has 1 aliphatic rings. The number of aliphatic carboxylic acids is 1. The normalized spacial score (nSPS) is 15.4. The van der Waals surface area contributed by atoms with Gasteiger partial charge in [-0.25, -0.2) is 14.8 Å².